The van der Waals surface area contributed by atoms with E-state index in [9.17, 15) is 19.8 Å². The SMILES string of the molecule is COc1cc2oc(=O)ccc2cc1C1OC(=O)C(C)(O)C1O. The van der Waals surface area contributed by atoms with Crippen LogP contribution in [-0.4, -0.2) is 35.0 Å². The molecular weight excluding hydrogens is 292 g/mol. The lowest BCUT2D eigenvalue weighted by molar-refractivity contribution is -0.155. The third kappa shape index (κ3) is 2.06. The van der Waals surface area contributed by atoms with Crippen molar-refractivity contribution in [2.24, 2.45) is 0 Å². The maximum absolute atomic E-state index is 11.7. The zero-order chi connectivity index (χ0) is 16.1. The fourth-order valence-corrected chi connectivity index (χ4v) is 2.46. The summed E-state index contributed by atoms with van der Waals surface area (Å²) in [4.78, 5) is 22.9. The molecule has 0 radical (unpaired) electrons. The van der Waals surface area contributed by atoms with Gasteiger partial charge in [0.15, 0.2) is 11.7 Å². The number of rotatable bonds is 2. The number of hydrogen-bond acceptors (Lipinski definition) is 7. The molecule has 1 aliphatic rings. The summed E-state index contributed by atoms with van der Waals surface area (Å²) in [6.07, 6.45) is -2.52. The Morgan fingerprint density at radius 1 is 1.27 bits per heavy atom. The monoisotopic (exact) mass is 306 g/mol. The molecule has 1 aromatic heterocycles. The Morgan fingerprint density at radius 2 is 2.00 bits per heavy atom. The Hall–Kier alpha value is -2.38. The molecule has 1 aliphatic heterocycles. The Labute approximate surface area is 124 Å². The second-order valence-corrected chi connectivity index (χ2v) is 5.30. The molecule has 116 valence electrons. The molecule has 3 atom stereocenters. The predicted molar refractivity (Wildman–Crippen MR) is 74.5 cm³/mol. The van der Waals surface area contributed by atoms with E-state index in [0.717, 1.165) is 0 Å². The normalized spacial score (nSPS) is 27.9. The number of fused-ring (bicyclic) bond motifs is 1. The molecule has 1 fully saturated rings. The van der Waals surface area contributed by atoms with Gasteiger partial charge in [-0.05, 0) is 19.1 Å². The topological polar surface area (TPSA) is 106 Å². The minimum atomic E-state index is -1.99. The Bertz CT molecular complexity index is 805. The Balaban J connectivity index is 2.16. The highest BCUT2D eigenvalue weighted by atomic mass is 16.6. The largest absolute Gasteiger partial charge is 0.496 e. The molecule has 0 amide bonds. The van der Waals surface area contributed by atoms with E-state index in [1.165, 1.54) is 26.2 Å². The number of benzene rings is 1. The number of methoxy groups -OCH3 is 1. The van der Waals surface area contributed by atoms with Crippen LogP contribution in [0.3, 0.4) is 0 Å². The molecule has 0 spiro atoms. The maximum atomic E-state index is 11.7. The Kier molecular flexibility index (Phi) is 3.19. The number of esters is 1. The number of carbonyl (C=O) groups is 1. The summed E-state index contributed by atoms with van der Waals surface area (Å²) in [7, 11) is 1.40. The van der Waals surface area contributed by atoms with Gasteiger partial charge in [-0.1, -0.05) is 0 Å². The van der Waals surface area contributed by atoms with E-state index in [1.807, 2.05) is 0 Å². The molecule has 3 unspecified atom stereocenters. The molecule has 3 rings (SSSR count). The van der Waals surface area contributed by atoms with E-state index >= 15 is 0 Å². The molecule has 1 aromatic carbocycles. The smallest absolute Gasteiger partial charge is 0.341 e. The van der Waals surface area contributed by atoms with E-state index in [2.05, 4.69) is 0 Å². The fourth-order valence-electron chi connectivity index (χ4n) is 2.46. The van der Waals surface area contributed by atoms with E-state index in [-0.39, 0.29) is 5.75 Å². The molecule has 0 aliphatic carbocycles. The van der Waals surface area contributed by atoms with Gasteiger partial charge in [0.05, 0.1) is 7.11 Å². The molecule has 2 heterocycles. The van der Waals surface area contributed by atoms with E-state index in [4.69, 9.17) is 13.9 Å². The van der Waals surface area contributed by atoms with Gasteiger partial charge in [0.2, 0.25) is 0 Å². The van der Waals surface area contributed by atoms with Crippen molar-refractivity contribution >= 4 is 16.9 Å². The minimum Gasteiger partial charge on any atom is -0.496 e. The van der Waals surface area contributed by atoms with Gasteiger partial charge in [0.25, 0.3) is 0 Å². The molecule has 0 saturated carbocycles. The first-order chi connectivity index (χ1) is 10.3. The van der Waals surface area contributed by atoms with Crippen molar-refractivity contribution in [2.75, 3.05) is 7.11 Å². The van der Waals surface area contributed by atoms with Gasteiger partial charge in [0.1, 0.15) is 17.4 Å². The van der Waals surface area contributed by atoms with Crippen LogP contribution in [0.1, 0.15) is 18.6 Å². The van der Waals surface area contributed by atoms with Crippen molar-refractivity contribution in [3.63, 3.8) is 0 Å². The van der Waals surface area contributed by atoms with Crippen molar-refractivity contribution in [3.05, 3.63) is 40.2 Å². The van der Waals surface area contributed by atoms with E-state index < -0.39 is 29.4 Å². The molecule has 7 nitrogen and oxygen atoms in total. The summed E-state index contributed by atoms with van der Waals surface area (Å²) < 4.78 is 15.3. The minimum absolute atomic E-state index is 0.274. The molecule has 22 heavy (non-hydrogen) atoms. The molecule has 2 aromatic rings. The van der Waals surface area contributed by atoms with E-state index in [0.29, 0.717) is 16.5 Å². The van der Waals surface area contributed by atoms with Gasteiger partial charge in [-0.15, -0.1) is 0 Å². The summed E-state index contributed by atoms with van der Waals surface area (Å²) in [5.74, 6) is -0.636. The molecular formula is C15H14O7. The van der Waals surface area contributed by atoms with Crippen LogP contribution in [0.2, 0.25) is 0 Å². The van der Waals surface area contributed by atoms with Crippen molar-refractivity contribution < 1.29 is 28.9 Å². The number of aliphatic hydroxyl groups excluding tert-OH is 1. The summed E-state index contributed by atoms with van der Waals surface area (Å²) in [5.41, 5.74) is -1.81. The third-order valence-electron chi connectivity index (χ3n) is 3.79. The van der Waals surface area contributed by atoms with Crippen LogP contribution < -0.4 is 10.4 Å². The summed E-state index contributed by atoms with van der Waals surface area (Å²) in [6, 6.07) is 5.86. The highest BCUT2D eigenvalue weighted by Gasteiger charge is 2.54. The first kappa shape index (κ1) is 14.6. The average Bonchev–Trinajstić information content (AvgIpc) is 2.69. The lowest BCUT2D eigenvalue weighted by atomic mass is 9.93. The number of aliphatic hydroxyl groups is 2. The van der Waals surface area contributed by atoms with Crippen molar-refractivity contribution in [2.45, 2.75) is 24.7 Å². The van der Waals surface area contributed by atoms with Gasteiger partial charge in [0, 0.05) is 23.1 Å². The zero-order valence-electron chi connectivity index (χ0n) is 11.9. The van der Waals surface area contributed by atoms with Crippen LogP contribution in [-0.2, 0) is 9.53 Å². The van der Waals surface area contributed by atoms with Gasteiger partial charge in [-0.3, -0.25) is 0 Å². The van der Waals surface area contributed by atoms with Crippen LogP contribution in [0, 0.1) is 0 Å². The van der Waals surface area contributed by atoms with Gasteiger partial charge in [-0.2, -0.15) is 0 Å². The first-order valence-electron chi connectivity index (χ1n) is 6.58. The fraction of sp³-hybridized carbons (Fsp3) is 0.333. The second-order valence-electron chi connectivity index (χ2n) is 5.30. The highest BCUT2D eigenvalue weighted by Crippen LogP contribution is 2.41. The summed E-state index contributed by atoms with van der Waals surface area (Å²) >= 11 is 0. The van der Waals surface area contributed by atoms with Crippen LogP contribution in [0.5, 0.6) is 5.75 Å². The van der Waals surface area contributed by atoms with Crippen LogP contribution in [0.15, 0.2) is 33.5 Å². The number of hydrogen-bond donors (Lipinski definition) is 2. The third-order valence-corrected chi connectivity index (χ3v) is 3.79. The lowest BCUT2D eigenvalue weighted by Crippen LogP contribution is -2.41. The zero-order valence-corrected chi connectivity index (χ0v) is 11.9. The van der Waals surface area contributed by atoms with Gasteiger partial charge < -0.3 is 24.1 Å². The number of cyclic esters (lactones) is 1. The molecule has 0 bridgehead atoms. The molecule has 7 heteroatoms. The predicted octanol–water partition coefficient (Wildman–Crippen LogP) is 0.511. The van der Waals surface area contributed by atoms with Crippen molar-refractivity contribution in [1.82, 2.24) is 0 Å². The van der Waals surface area contributed by atoms with Crippen LogP contribution >= 0.6 is 0 Å². The highest BCUT2D eigenvalue weighted by molar-refractivity contribution is 5.84. The van der Waals surface area contributed by atoms with Crippen molar-refractivity contribution in [1.29, 1.82) is 0 Å². The standard InChI is InChI=1S/C15H14O7/c1-15(19)13(17)12(22-14(15)18)8-5-7-3-4-11(16)21-9(7)6-10(8)20-2/h3-6,12-13,17,19H,1-2H3. The lowest BCUT2D eigenvalue weighted by Gasteiger charge is -2.20. The molecule has 1 saturated heterocycles. The number of carbonyl (C=O) groups excluding carboxylic acids is 1. The van der Waals surface area contributed by atoms with E-state index in [1.54, 1.807) is 12.1 Å². The maximum Gasteiger partial charge on any atom is 0.341 e. The summed E-state index contributed by atoms with van der Waals surface area (Å²) in [5, 5.41) is 20.7. The molecule has 2 N–H and O–H groups in total. The van der Waals surface area contributed by atoms with Crippen molar-refractivity contribution in [3.8, 4) is 5.75 Å². The number of ether oxygens (including phenoxy) is 2. The van der Waals surface area contributed by atoms with Crippen LogP contribution in [0.25, 0.3) is 11.0 Å². The van der Waals surface area contributed by atoms with Crippen LogP contribution in [0.4, 0.5) is 0 Å². The van der Waals surface area contributed by atoms with Gasteiger partial charge >= 0.3 is 11.6 Å². The summed E-state index contributed by atoms with van der Waals surface area (Å²) in [6.45, 7) is 1.19. The average molecular weight is 306 g/mol. The second kappa shape index (κ2) is 4.82. The van der Waals surface area contributed by atoms with Gasteiger partial charge in [-0.25, -0.2) is 9.59 Å². The Morgan fingerprint density at radius 3 is 2.59 bits per heavy atom. The first-order valence-corrected chi connectivity index (χ1v) is 6.58. The quantitative estimate of drug-likeness (QED) is 0.615.